The lowest BCUT2D eigenvalue weighted by molar-refractivity contribution is -0.142. The summed E-state index contributed by atoms with van der Waals surface area (Å²) < 4.78 is 6.54. The minimum Gasteiger partial charge on any atom is -0.483 e. The summed E-state index contributed by atoms with van der Waals surface area (Å²) in [6.45, 7) is 8.13. The summed E-state index contributed by atoms with van der Waals surface area (Å²) >= 11 is 15.8. The number of ether oxygens (including phenoxy) is 1. The second kappa shape index (κ2) is 11.7. The highest BCUT2D eigenvalue weighted by Gasteiger charge is 2.27. The number of benzene rings is 2. The Balaban J connectivity index is 2.20. The second-order valence-corrected chi connectivity index (χ2v) is 9.16. The molecule has 0 saturated heterocycles. The molecule has 0 spiro atoms. The van der Waals surface area contributed by atoms with Gasteiger partial charge in [-0.05, 0) is 71.1 Å². The van der Waals surface area contributed by atoms with Gasteiger partial charge in [0.15, 0.2) is 6.61 Å². The first-order valence-corrected chi connectivity index (χ1v) is 11.6. The van der Waals surface area contributed by atoms with E-state index in [0.717, 1.165) is 10.0 Å². The summed E-state index contributed by atoms with van der Waals surface area (Å²) in [4.78, 5) is 27.0. The molecule has 0 radical (unpaired) electrons. The number of nitrogens with one attached hydrogen (secondary N) is 1. The molecule has 1 N–H and O–H groups in total. The Kier molecular flexibility index (Phi) is 9.66. The van der Waals surface area contributed by atoms with Gasteiger partial charge >= 0.3 is 0 Å². The number of likely N-dealkylation sites (N-methyl/N-ethyl adjacent to an activating group) is 1. The predicted molar refractivity (Wildman–Crippen MR) is 129 cm³/mol. The van der Waals surface area contributed by atoms with E-state index in [1.54, 1.807) is 25.1 Å². The van der Waals surface area contributed by atoms with Gasteiger partial charge in [-0.2, -0.15) is 0 Å². The first-order valence-electron chi connectivity index (χ1n) is 10.1. The lowest BCUT2D eigenvalue weighted by atomic mass is 10.0. The van der Waals surface area contributed by atoms with Crippen LogP contribution in [-0.2, 0) is 16.1 Å². The van der Waals surface area contributed by atoms with Crippen LogP contribution in [0.25, 0.3) is 0 Å². The zero-order valence-electron chi connectivity index (χ0n) is 18.0. The van der Waals surface area contributed by atoms with Crippen LogP contribution in [0.15, 0.2) is 40.9 Å². The van der Waals surface area contributed by atoms with E-state index in [4.69, 9.17) is 27.9 Å². The van der Waals surface area contributed by atoms with Crippen LogP contribution in [0.2, 0.25) is 10.0 Å². The van der Waals surface area contributed by atoms with Crippen molar-refractivity contribution in [1.82, 2.24) is 10.2 Å². The lowest BCUT2D eigenvalue weighted by Crippen LogP contribution is -2.49. The monoisotopic (exact) mass is 528 g/mol. The Bertz CT molecular complexity index is 937. The summed E-state index contributed by atoms with van der Waals surface area (Å²) in [5.41, 5.74) is 1.85. The predicted octanol–water partition coefficient (Wildman–Crippen LogP) is 5.81. The van der Waals surface area contributed by atoms with Crippen LogP contribution >= 0.6 is 39.1 Å². The van der Waals surface area contributed by atoms with E-state index >= 15 is 0 Å². The number of carbonyl (C=O) groups excluding carboxylic acids is 2. The molecular formula is C23H27BrCl2N2O3. The van der Waals surface area contributed by atoms with Crippen molar-refractivity contribution in [3.63, 3.8) is 0 Å². The SMILES string of the molecule is CCNC(=O)[C@@H](C)N(Cc1ccc(Cl)cc1Cl)C(=O)COc1ccc(C(C)C)cc1Br. The van der Waals surface area contributed by atoms with Crippen LogP contribution in [-0.4, -0.2) is 35.9 Å². The standard InChI is InChI=1S/C23H27BrCl2N2O3/c1-5-27-23(30)15(4)28(12-17-6-8-18(25)11-20(17)26)22(29)13-31-21-9-7-16(14(2)3)10-19(21)24/h6-11,14-15H,5,12-13H2,1-4H3,(H,27,30)/t15-/m1/s1. The third-order valence-electron chi connectivity index (χ3n) is 4.85. The van der Waals surface area contributed by atoms with Gasteiger partial charge in [0.1, 0.15) is 11.8 Å². The average Bonchev–Trinajstić information content (AvgIpc) is 2.71. The van der Waals surface area contributed by atoms with Crippen molar-refractivity contribution in [2.24, 2.45) is 0 Å². The van der Waals surface area contributed by atoms with Gasteiger partial charge in [0.05, 0.1) is 4.47 Å². The molecule has 31 heavy (non-hydrogen) atoms. The normalized spacial score (nSPS) is 11.9. The number of amides is 2. The number of halogens is 3. The first-order chi connectivity index (χ1) is 14.6. The fraction of sp³-hybridized carbons (Fsp3) is 0.391. The van der Waals surface area contributed by atoms with E-state index in [9.17, 15) is 9.59 Å². The van der Waals surface area contributed by atoms with E-state index in [0.29, 0.717) is 33.8 Å². The van der Waals surface area contributed by atoms with Crippen LogP contribution in [0.4, 0.5) is 0 Å². The van der Waals surface area contributed by atoms with Crippen LogP contribution in [0.5, 0.6) is 5.75 Å². The van der Waals surface area contributed by atoms with Gasteiger partial charge in [-0.1, -0.05) is 49.2 Å². The van der Waals surface area contributed by atoms with Crippen molar-refractivity contribution in [3.8, 4) is 5.75 Å². The molecule has 2 rings (SSSR count). The highest BCUT2D eigenvalue weighted by molar-refractivity contribution is 9.10. The molecule has 0 aliphatic heterocycles. The number of nitrogens with zero attached hydrogens (tertiary/aromatic N) is 1. The summed E-state index contributed by atoms with van der Waals surface area (Å²) in [6.07, 6.45) is 0. The topological polar surface area (TPSA) is 58.6 Å². The molecule has 2 aromatic carbocycles. The molecule has 168 valence electrons. The van der Waals surface area contributed by atoms with Crippen LogP contribution in [0, 0.1) is 0 Å². The molecule has 0 saturated carbocycles. The van der Waals surface area contributed by atoms with Gasteiger partial charge in [0, 0.05) is 23.1 Å². The third-order valence-corrected chi connectivity index (χ3v) is 6.05. The Morgan fingerprint density at radius 1 is 1.13 bits per heavy atom. The third kappa shape index (κ3) is 7.13. The number of rotatable bonds is 9. The van der Waals surface area contributed by atoms with Gasteiger partial charge in [-0.3, -0.25) is 9.59 Å². The Morgan fingerprint density at radius 2 is 1.84 bits per heavy atom. The van der Waals surface area contributed by atoms with Crippen LogP contribution < -0.4 is 10.1 Å². The largest absolute Gasteiger partial charge is 0.483 e. The van der Waals surface area contributed by atoms with Crippen molar-refractivity contribution in [1.29, 1.82) is 0 Å². The van der Waals surface area contributed by atoms with Gasteiger partial charge in [0.2, 0.25) is 5.91 Å². The van der Waals surface area contributed by atoms with E-state index in [-0.39, 0.29) is 25.0 Å². The van der Waals surface area contributed by atoms with E-state index < -0.39 is 6.04 Å². The zero-order valence-corrected chi connectivity index (χ0v) is 21.1. The van der Waals surface area contributed by atoms with E-state index in [2.05, 4.69) is 35.1 Å². The number of hydrogen-bond acceptors (Lipinski definition) is 3. The Labute approximate surface area is 202 Å². The smallest absolute Gasteiger partial charge is 0.261 e. The quantitative estimate of drug-likeness (QED) is 0.445. The molecule has 0 unspecified atom stereocenters. The van der Waals surface area contributed by atoms with Crippen molar-refractivity contribution in [2.75, 3.05) is 13.2 Å². The summed E-state index contributed by atoms with van der Waals surface area (Å²) in [5, 5.41) is 3.69. The molecule has 2 aromatic rings. The molecule has 5 nitrogen and oxygen atoms in total. The van der Waals surface area contributed by atoms with Crippen LogP contribution in [0.3, 0.4) is 0 Å². The van der Waals surface area contributed by atoms with Gasteiger partial charge in [0.25, 0.3) is 5.91 Å². The van der Waals surface area contributed by atoms with Crippen molar-refractivity contribution in [3.05, 3.63) is 62.0 Å². The van der Waals surface area contributed by atoms with Gasteiger partial charge in [-0.25, -0.2) is 0 Å². The highest BCUT2D eigenvalue weighted by Crippen LogP contribution is 2.29. The molecular weight excluding hydrogens is 503 g/mol. The minimum absolute atomic E-state index is 0.157. The first kappa shape index (κ1) is 25.5. The van der Waals surface area contributed by atoms with Crippen molar-refractivity contribution >= 4 is 50.9 Å². The fourth-order valence-corrected chi connectivity index (χ4v) is 3.93. The zero-order chi connectivity index (χ0) is 23.1. The highest BCUT2D eigenvalue weighted by atomic mass is 79.9. The molecule has 0 aliphatic rings. The van der Waals surface area contributed by atoms with Crippen molar-refractivity contribution in [2.45, 2.75) is 46.2 Å². The molecule has 2 amide bonds. The maximum Gasteiger partial charge on any atom is 0.261 e. The number of hydrogen-bond donors (Lipinski definition) is 1. The van der Waals surface area contributed by atoms with Crippen LogP contribution in [0.1, 0.15) is 44.7 Å². The summed E-state index contributed by atoms with van der Waals surface area (Å²) in [5.74, 6) is 0.366. The molecule has 1 atom stereocenters. The van der Waals surface area contributed by atoms with Gasteiger partial charge in [-0.15, -0.1) is 0 Å². The molecule has 0 heterocycles. The second-order valence-electron chi connectivity index (χ2n) is 7.46. The van der Waals surface area contributed by atoms with E-state index in [1.807, 2.05) is 25.1 Å². The minimum atomic E-state index is -0.699. The summed E-state index contributed by atoms with van der Waals surface area (Å²) in [6, 6.07) is 10.1. The fourth-order valence-electron chi connectivity index (χ4n) is 2.95. The molecule has 0 aromatic heterocycles. The van der Waals surface area contributed by atoms with E-state index in [1.165, 1.54) is 4.90 Å². The lowest BCUT2D eigenvalue weighted by Gasteiger charge is -2.29. The maximum atomic E-state index is 13.1. The van der Waals surface area contributed by atoms with Gasteiger partial charge < -0.3 is 15.0 Å². The van der Waals surface area contributed by atoms with Crippen molar-refractivity contribution < 1.29 is 14.3 Å². The Morgan fingerprint density at radius 3 is 2.42 bits per heavy atom. The average molecular weight is 530 g/mol. The molecule has 0 aliphatic carbocycles. The molecule has 0 fully saturated rings. The Hall–Kier alpha value is -1.76. The molecule has 0 bridgehead atoms. The maximum absolute atomic E-state index is 13.1. The number of carbonyl (C=O) groups is 2. The summed E-state index contributed by atoms with van der Waals surface area (Å²) in [7, 11) is 0. The molecule has 8 heteroatoms.